The molecule has 1 amide bonds. The molecule has 5 heteroatoms. The summed E-state index contributed by atoms with van der Waals surface area (Å²) in [6.07, 6.45) is 0. The minimum atomic E-state index is -0.363. The van der Waals surface area contributed by atoms with Crippen molar-refractivity contribution in [3.05, 3.63) is 66.0 Å². The molecule has 0 spiro atoms. The number of carbonyl (C=O) groups excluding carboxylic acids is 1. The Balaban J connectivity index is 2.01. The second kappa shape index (κ2) is 8.45. The molecule has 0 saturated carbocycles. The van der Waals surface area contributed by atoms with Crippen molar-refractivity contribution in [2.75, 3.05) is 34.3 Å². The zero-order valence-electron chi connectivity index (χ0n) is 14.3. The molecule has 2 rings (SSSR count). The molecule has 0 aromatic heterocycles. The lowest BCUT2D eigenvalue weighted by molar-refractivity contribution is -0.134. The summed E-state index contributed by atoms with van der Waals surface area (Å²) in [4.78, 5) is 16.1. The Bertz CT molecular complexity index is 644. The van der Waals surface area contributed by atoms with Gasteiger partial charge >= 0.3 is 0 Å². The highest BCUT2D eigenvalue weighted by atomic mass is 19.1. The number of hydrogen-bond donors (Lipinski definition) is 0. The van der Waals surface area contributed by atoms with Gasteiger partial charge in [0.2, 0.25) is 5.91 Å². The predicted octanol–water partition coefficient (Wildman–Crippen LogP) is 2.97. The summed E-state index contributed by atoms with van der Waals surface area (Å²) in [6, 6.07) is 15.2. The summed E-state index contributed by atoms with van der Waals surface area (Å²) in [5.74, 6) is 0.339. The maximum atomic E-state index is 12.9. The average Bonchev–Trinajstić information content (AvgIpc) is 2.57. The molecule has 0 bridgehead atoms. The van der Waals surface area contributed by atoms with Gasteiger partial charge < -0.3 is 9.64 Å². The first-order valence-electron chi connectivity index (χ1n) is 7.83. The van der Waals surface area contributed by atoms with Gasteiger partial charge in [0, 0.05) is 20.6 Å². The molecule has 128 valence electrons. The Hall–Kier alpha value is -2.40. The number of halogens is 1. The topological polar surface area (TPSA) is 32.8 Å². The van der Waals surface area contributed by atoms with Gasteiger partial charge in [0.15, 0.2) is 0 Å². The quantitative estimate of drug-likeness (QED) is 0.782. The van der Waals surface area contributed by atoms with E-state index in [1.807, 2.05) is 42.3 Å². The smallest absolute Gasteiger partial charge is 0.244 e. The highest BCUT2D eigenvalue weighted by Crippen LogP contribution is 2.21. The van der Waals surface area contributed by atoms with Crippen molar-refractivity contribution in [2.45, 2.75) is 6.04 Å². The lowest BCUT2D eigenvalue weighted by Crippen LogP contribution is -2.39. The molecule has 2 aromatic rings. The van der Waals surface area contributed by atoms with E-state index in [9.17, 15) is 9.18 Å². The molecule has 0 aliphatic heterocycles. The molecule has 4 nitrogen and oxygen atoms in total. The van der Waals surface area contributed by atoms with Gasteiger partial charge in [-0.2, -0.15) is 0 Å². The summed E-state index contributed by atoms with van der Waals surface area (Å²) < 4.78 is 18.5. The third kappa shape index (κ3) is 4.80. The van der Waals surface area contributed by atoms with E-state index in [1.165, 1.54) is 12.1 Å². The Kier molecular flexibility index (Phi) is 6.32. The second-order valence-electron chi connectivity index (χ2n) is 5.83. The van der Waals surface area contributed by atoms with Crippen molar-refractivity contribution in [2.24, 2.45) is 0 Å². The minimum absolute atomic E-state index is 0.0190. The van der Waals surface area contributed by atoms with Crippen LogP contribution in [0.5, 0.6) is 5.75 Å². The van der Waals surface area contributed by atoms with Crippen molar-refractivity contribution in [3.63, 3.8) is 0 Å². The van der Waals surface area contributed by atoms with Crippen LogP contribution in [0.4, 0.5) is 4.39 Å². The number of benzene rings is 2. The number of hydrogen-bond acceptors (Lipinski definition) is 3. The standard InChI is InChI=1S/C19H23FN2O2/c1-21(2)19(23)18(15-7-5-4-6-8-15)22(3)13-14-24-17-11-9-16(20)10-12-17/h4-12,18H,13-14H2,1-3H3. The van der Waals surface area contributed by atoms with Gasteiger partial charge in [0.25, 0.3) is 0 Å². The highest BCUT2D eigenvalue weighted by molar-refractivity contribution is 5.82. The minimum Gasteiger partial charge on any atom is -0.492 e. The van der Waals surface area contributed by atoms with Crippen LogP contribution in [0.2, 0.25) is 0 Å². The Morgan fingerprint density at radius 3 is 2.25 bits per heavy atom. The normalized spacial score (nSPS) is 12.0. The third-order valence-electron chi connectivity index (χ3n) is 3.76. The second-order valence-corrected chi connectivity index (χ2v) is 5.83. The number of nitrogens with zero attached hydrogens (tertiary/aromatic N) is 2. The zero-order valence-corrected chi connectivity index (χ0v) is 14.3. The van der Waals surface area contributed by atoms with Crippen LogP contribution < -0.4 is 4.74 Å². The van der Waals surface area contributed by atoms with Crippen molar-refractivity contribution in [1.29, 1.82) is 0 Å². The molecule has 0 saturated heterocycles. The summed E-state index contributed by atoms with van der Waals surface area (Å²) in [5.41, 5.74) is 0.945. The first kappa shape index (κ1) is 17.9. The molecule has 0 aliphatic rings. The molecule has 1 atom stereocenters. The fourth-order valence-corrected chi connectivity index (χ4v) is 2.43. The first-order valence-corrected chi connectivity index (χ1v) is 7.83. The predicted molar refractivity (Wildman–Crippen MR) is 92.4 cm³/mol. The Morgan fingerprint density at radius 1 is 1.04 bits per heavy atom. The molecular weight excluding hydrogens is 307 g/mol. The van der Waals surface area contributed by atoms with E-state index in [4.69, 9.17) is 4.74 Å². The van der Waals surface area contributed by atoms with Crippen molar-refractivity contribution in [1.82, 2.24) is 9.80 Å². The SMILES string of the molecule is CN(C)C(=O)C(c1ccccc1)N(C)CCOc1ccc(F)cc1. The average molecular weight is 330 g/mol. The van der Waals surface area contributed by atoms with E-state index >= 15 is 0 Å². The zero-order chi connectivity index (χ0) is 17.5. The molecule has 0 radical (unpaired) electrons. The van der Waals surface area contributed by atoms with Crippen LogP contribution in [0.1, 0.15) is 11.6 Å². The van der Waals surface area contributed by atoms with E-state index in [1.54, 1.807) is 31.1 Å². The van der Waals surface area contributed by atoms with Crippen LogP contribution in [-0.2, 0) is 4.79 Å². The van der Waals surface area contributed by atoms with E-state index in [-0.39, 0.29) is 17.8 Å². The fraction of sp³-hybridized carbons (Fsp3) is 0.316. The number of rotatable bonds is 7. The van der Waals surface area contributed by atoms with Crippen LogP contribution in [-0.4, -0.2) is 50.0 Å². The van der Waals surface area contributed by atoms with E-state index in [0.717, 1.165) is 5.56 Å². The molecule has 0 N–H and O–H groups in total. The van der Waals surface area contributed by atoms with Crippen LogP contribution in [0, 0.1) is 5.82 Å². The maximum absolute atomic E-state index is 12.9. The fourth-order valence-electron chi connectivity index (χ4n) is 2.43. The molecule has 0 aliphatic carbocycles. The van der Waals surface area contributed by atoms with Gasteiger partial charge in [-0.25, -0.2) is 4.39 Å². The van der Waals surface area contributed by atoms with Crippen molar-refractivity contribution < 1.29 is 13.9 Å². The van der Waals surface area contributed by atoms with Gasteiger partial charge in [-0.15, -0.1) is 0 Å². The first-order chi connectivity index (χ1) is 11.5. The molecule has 0 heterocycles. The lowest BCUT2D eigenvalue weighted by Gasteiger charge is -2.29. The number of amides is 1. The number of carbonyl (C=O) groups is 1. The van der Waals surface area contributed by atoms with E-state index in [0.29, 0.717) is 18.9 Å². The van der Waals surface area contributed by atoms with Crippen LogP contribution in [0.15, 0.2) is 54.6 Å². The highest BCUT2D eigenvalue weighted by Gasteiger charge is 2.26. The Morgan fingerprint density at radius 2 is 1.67 bits per heavy atom. The van der Waals surface area contributed by atoms with Gasteiger partial charge in [-0.1, -0.05) is 30.3 Å². The van der Waals surface area contributed by atoms with Gasteiger partial charge in [-0.3, -0.25) is 9.69 Å². The maximum Gasteiger partial charge on any atom is 0.244 e. The summed E-state index contributed by atoms with van der Waals surface area (Å²) in [7, 11) is 5.40. The van der Waals surface area contributed by atoms with E-state index < -0.39 is 0 Å². The summed E-state index contributed by atoms with van der Waals surface area (Å²) in [6.45, 7) is 0.975. The van der Waals surface area contributed by atoms with Gasteiger partial charge in [0.1, 0.15) is 24.2 Å². The third-order valence-corrected chi connectivity index (χ3v) is 3.76. The summed E-state index contributed by atoms with van der Waals surface area (Å²) in [5, 5.41) is 0. The van der Waals surface area contributed by atoms with Crippen LogP contribution >= 0.6 is 0 Å². The molecule has 2 aromatic carbocycles. The molecular formula is C19H23FN2O2. The van der Waals surface area contributed by atoms with Crippen LogP contribution in [0.25, 0.3) is 0 Å². The van der Waals surface area contributed by atoms with Gasteiger partial charge in [0.05, 0.1) is 0 Å². The number of ether oxygens (including phenoxy) is 1. The molecule has 0 fully saturated rings. The summed E-state index contributed by atoms with van der Waals surface area (Å²) >= 11 is 0. The van der Waals surface area contributed by atoms with E-state index in [2.05, 4.69) is 0 Å². The van der Waals surface area contributed by atoms with Gasteiger partial charge in [-0.05, 0) is 36.9 Å². The molecule has 1 unspecified atom stereocenters. The van der Waals surface area contributed by atoms with Crippen molar-refractivity contribution in [3.8, 4) is 5.75 Å². The Labute approximate surface area is 142 Å². The lowest BCUT2D eigenvalue weighted by atomic mass is 10.0. The largest absolute Gasteiger partial charge is 0.492 e. The number of likely N-dealkylation sites (N-methyl/N-ethyl adjacent to an activating group) is 2. The van der Waals surface area contributed by atoms with Crippen LogP contribution in [0.3, 0.4) is 0 Å². The monoisotopic (exact) mass is 330 g/mol. The van der Waals surface area contributed by atoms with Crippen molar-refractivity contribution >= 4 is 5.91 Å². The molecule has 24 heavy (non-hydrogen) atoms.